The standard InChI is InChI=1S/C30H32FN5O3S/c31-21-14-20(35-30(37)34-19-4-5-19)6-8-25(21)39-26-9-11-32-23-15-28(40-29(23)26)22-7-3-18(16-33-22)10-13-36-12-1-2-24(36)27-17-38-27/h3,6,8-9,11,14-15,19,22,33H,1-2,4-5,7,10,12-13,16-17H2,(H2,34,35,37). The van der Waals surface area contributed by atoms with E-state index in [1.807, 2.05) is 0 Å². The number of benzene rings is 1. The van der Waals surface area contributed by atoms with E-state index in [2.05, 4.69) is 38.0 Å². The van der Waals surface area contributed by atoms with Gasteiger partial charge in [-0.15, -0.1) is 11.3 Å². The van der Waals surface area contributed by atoms with Crippen LogP contribution >= 0.6 is 11.3 Å². The molecule has 0 radical (unpaired) electrons. The first-order valence-electron chi connectivity index (χ1n) is 14.0. The van der Waals surface area contributed by atoms with E-state index in [-0.39, 0.29) is 23.9 Å². The summed E-state index contributed by atoms with van der Waals surface area (Å²) < 4.78 is 27.2. The summed E-state index contributed by atoms with van der Waals surface area (Å²) in [7, 11) is 0. The molecule has 40 heavy (non-hydrogen) atoms. The van der Waals surface area contributed by atoms with Gasteiger partial charge in [0.1, 0.15) is 12.4 Å². The highest BCUT2D eigenvalue weighted by Gasteiger charge is 2.28. The Morgan fingerprint density at radius 2 is 2.15 bits per heavy atom. The zero-order valence-electron chi connectivity index (χ0n) is 22.2. The van der Waals surface area contributed by atoms with Gasteiger partial charge in [-0.2, -0.15) is 0 Å². The highest BCUT2D eigenvalue weighted by atomic mass is 32.1. The lowest BCUT2D eigenvalue weighted by Crippen LogP contribution is -2.30. The Morgan fingerprint density at radius 1 is 1.25 bits per heavy atom. The molecule has 1 saturated carbocycles. The van der Waals surface area contributed by atoms with E-state index < -0.39 is 5.82 Å². The molecular formula is C30H32FN5O3S. The van der Waals surface area contributed by atoms with Crippen molar-refractivity contribution in [3.05, 3.63) is 70.3 Å². The number of nitrogens with zero attached hydrogens (tertiary/aromatic N) is 2. The van der Waals surface area contributed by atoms with Crippen LogP contribution in [0.5, 0.6) is 11.5 Å². The highest BCUT2D eigenvalue weighted by Crippen LogP contribution is 2.39. The summed E-state index contributed by atoms with van der Waals surface area (Å²) in [4.78, 5) is 20.2. The second kappa shape index (κ2) is 10.7. The molecule has 0 spiro atoms. The smallest absolute Gasteiger partial charge is 0.319 e. The van der Waals surface area contributed by atoms with Gasteiger partial charge >= 0.3 is 6.03 Å². The van der Waals surface area contributed by atoms with Crippen molar-refractivity contribution < 1.29 is 18.7 Å². The molecule has 7 rings (SSSR count). The maximum atomic E-state index is 14.9. The molecule has 10 heteroatoms. The maximum Gasteiger partial charge on any atom is 0.319 e. The van der Waals surface area contributed by atoms with Gasteiger partial charge in [-0.1, -0.05) is 11.6 Å². The van der Waals surface area contributed by atoms with Crippen LogP contribution in [-0.2, 0) is 4.74 Å². The molecule has 3 N–H and O–H groups in total. The Bertz CT molecular complexity index is 1510. The molecule has 3 aliphatic heterocycles. The number of amides is 2. The summed E-state index contributed by atoms with van der Waals surface area (Å²) >= 11 is 1.63. The van der Waals surface area contributed by atoms with Crippen LogP contribution in [0.15, 0.2) is 59.6 Å². The molecule has 8 nitrogen and oxygen atoms in total. The number of hydrogen-bond donors (Lipinski definition) is 3. The molecule has 3 fully saturated rings. The number of carbonyl (C=O) groups excluding carboxylic acids is 1. The number of nitrogens with one attached hydrogen (secondary N) is 3. The molecule has 5 heterocycles. The largest absolute Gasteiger partial charge is 0.484 e. The number of rotatable bonds is 8. The number of fused-ring (bicyclic) bond motifs is 1. The van der Waals surface area contributed by atoms with E-state index in [0.29, 0.717) is 11.4 Å². The second-order valence-electron chi connectivity index (χ2n) is 10.8. The lowest BCUT2D eigenvalue weighted by atomic mass is 10.0. The number of pyridine rings is 1. The fraction of sp³-hybridized carbons (Fsp3) is 0.400. The predicted molar refractivity (Wildman–Crippen MR) is 153 cm³/mol. The van der Waals surface area contributed by atoms with Crippen LogP contribution in [0.25, 0.3) is 10.2 Å². The zero-order chi connectivity index (χ0) is 27.1. The lowest BCUT2D eigenvalue weighted by Gasteiger charge is -2.25. The van der Waals surface area contributed by atoms with Crippen molar-refractivity contribution in [3.8, 4) is 11.5 Å². The summed E-state index contributed by atoms with van der Waals surface area (Å²) in [5.74, 6) is 1.32. The average molecular weight is 562 g/mol. The SMILES string of the molecule is O=C(Nc1ccc(Oc2ccnc3cc(C4CC=C(CCN5CCCC5=C5CO5)CN4)sc23)c(F)c1)NC1CC1. The summed E-state index contributed by atoms with van der Waals surface area (Å²) in [5, 5.41) is 9.20. The minimum atomic E-state index is -0.542. The maximum absolute atomic E-state index is 14.9. The fourth-order valence-corrected chi connectivity index (χ4v) is 6.58. The van der Waals surface area contributed by atoms with Crippen molar-refractivity contribution >= 4 is 33.3 Å². The Morgan fingerprint density at radius 3 is 2.92 bits per heavy atom. The number of carbonyl (C=O) groups is 1. The van der Waals surface area contributed by atoms with Gasteiger partial charge in [-0.25, -0.2) is 9.18 Å². The van der Waals surface area contributed by atoms with Crippen LogP contribution in [0.1, 0.15) is 49.4 Å². The number of hydrogen-bond acceptors (Lipinski definition) is 7. The van der Waals surface area contributed by atoms with E-state index in [9.17, 15) is 9.18 Å². The molecule has 208 valence electrons. The van der Waals surface area contributed by atoms with E-state index >= 15 is 0 Å². The van der Waals surface area contributed by atoms with Gasteiger partial charge in [-0.05, 0) is 56.7 Å². The van der Waals surface area contributed by atoms with E-state index in [1.54, 1.807) is 29.7 Å². The first-order valence-corrected chi connectivity index (χ1v) is 14.8. The number of anilines is 1. The molecule has 2 saturated heterocycles. The molecule has 4 aliphatic rings. The summed E-state index contributed by atoms with van der Waals surface area (Å²) in [6, 6.07) is 8.44. The topological polar surface area (TPSA) is 91.0 Å². The molecule has 3 aromatic rings. The lowest BCUT2D eigenvalue weighted by molar-refractivity contribution is 0.251. The van der Waals surface area contributed by atoms with Crippen molar-refractivity contribution in [1.82, 2.24) is 20.5 Å². The first-order chi connectivity index (χ1) is 19.6. The number of epoxide rings is 1. The third-order valence-electron chi connectivity index (χ3n) is 7.81. The number of urea groups is 1. The van der Waals surface area contributed by atoms with Crippen LogP contribution in [0.4, 0.5) is 14.9 Å². The van der Waals surface area contributed by atoms with Crippen LogP contribution in [0.2, 0.25) is 0 Å². The number of halogens is 1. The molecule has 1 aromatic carbocycles. The monoisotopic (exact) mass is 561 g/mol. The second-order valence-corrected chi connectivity index (χ2v) is 11.9. The van der Waals surface area contributed by atoms with E-state index in [0.717, 1.165) is 68.6 Å². The molecule has 2 aromatic heterocycles. The number of ether oxygens (including phenoxy) is 2. The molecule has 0 bridgehead atoms. The third kappa shape index (κ3) is 5.64. The zero-order valence-corrected chi connectivity index (χ0v) is 23.0. The van der Waals surface area contributed by atoms with Crippen LogP contribution in [0, 0.1) is 5.82 Å². The first kappa shape index (κ1) is 25.3. The number of allylic oxidation sites excluding steroid dienone is 1. The summed E-state index contributed by atoms with van der Waals surface area (Å²) in [6.45, 7) is 3.87. The molecule has 2 amide bonds. The molecular weight excluding hydrogens is 529 g/mol. The van der Waals surface area contributed by atoms with Gasteiger partial charge in [0, 0.05) is 60.6 Å². The number of thiophene rings is 1. The summed E-state index contributed by atoms with van der Waals surface area (Å²) in [6.07, 6.45) is 10.4. The number of aromatic nitrogens is 1. The van der Waals surface area contributed by atoms with Crippen molar-refractivity contribution in [1.29, 1.82) is 0 Å². The van der Waals surface area contributed by atoms with Gasteiger partial charge in [0.2, 0.25) is 0 Å². The summed E-state index contributed by atoms with van der Waals surface area (Å²) in [5.41, 5.74) is 4.08. The number of likely N-dealkylation sites (tertiary alicyclic amines) is 1. The van der Waals surface area contributed by atoms with Gasteiger partial charge in [0.05, 0.1) is 15.9 Å². The Balaban J connectivity index is 0.995. The van der Waals surface area contributed by atoms with Crippen molar-refractivity contribution in [3.63, 3.8) is 0 Å². The minimum Gasteiger partial charge on any atom is -0.484 e. The van der Waals surface area contributed by atoms with Crippen molar-refractivity contribution in [2.75, 3.05) is 31.6 Å². The minimum absolute atomic E-state index is 0.101. The Hall–Kier alpha value is -3.63. The van der Waals surface area contributed by atoms with E-state index in [4.69, 9.17) is 9.47 Å². The quantitative estimate of drug-likeness (QED) is 0.224. The molecule has 1 atom stereocenters. The molecule has 1 aliphatic carbocycles. The van der Waals surface area contributed by atoms with Gasteiger partial charge in [0.15, 0.2) is 17.3 Å². The highest BCUT2D eigenvalue weighted by molar-refractivity contribution is 7.19. The average Bonchev–Trinajstić information content (AvgIpc) is 3.88. The molecule has 1 unspecified atom stereocenters. The van der Waals surface area contributed by atoms with Crippen LogP contribution < -0.4 is 20.7 Å². The Kier molecular flexibility index (Phi) is 6.81. The normalized spacial score (nSPS) is 22.2. The third-order valence-corrected chi connectivity index (χ3v) is 9.07. The van der Waals surface area contributed by atoms with Gasteiger partial charge < -0.3 is 30.3 Å². The van der Waals surface area contributed by atoms with Crippen LogP contribution in [-0.4, -0.2) is 48.2 Å². The van der Waals surface area contributed by atoms with Gasteiger partial charge in [0.25, 0.3) is 0 Å². The Labute approximate surface area is 236 Å². The predicted octanol–water partition coefficient (Wildman–Crippen LogP) is 6.20. The fourth-order valence-electron chi connectivity index (χ4n) is 5.42. The van der Waals surface area contributed by atoms with Gasteiger partial charge in [-0.3, -0.25) is 4.98 Å². The van der Waals surface area contributed by atoms with Crippen molar-refractivity contribution in [2.24, 2.45) is 0 Å². The van der Waals surface area contributed by atoms with Crippen LogP contribution in [0.3, 0.4) is 0 Å². The van der Waals surface area contributed by atoms with Crippen molar-refractivity contribution in [2.45, 2.75) is 50.6 Å². The van der Waals surface area contributed by atoms with E-state index in [1.165, 1.54) is 40.5 Å².